The first-order valence-electron chi connectivity index (χ1n) is 13.5. The lowest BCUT2D eigenvalue weighted by atomic mass is 9.85. The maximum atomic E-state index is 13.5. The van der Waals surface area contributed by atoms with Crippen molar-refractivity contribution < 1.29 is 13.6 Å². The summed E-state index contributed by atoms with van der Waals surface area (Å²) in [5.41, 5.74) is 5.20. The fourth-order valence-corrected chi connectivity index (χ4v) is 6.13. The number of carbonyl (C=O) groups is 1. The number of alkyl halides is 2. The molecule has 1 saturated carbocycles. The van der Waals surface area contributed by atoms with Gasteiger partial charge in [0.2, 0.25) is 0 Å². The summed E-state index contributed by atoms with van der Waals surface area (Å²) in [6, 6.07) is 5.57. The number of nitrogens with one attached hydrogen (secondary N) is 1. The van der Waals surface area contributed by atoms with Crippen LogP contribution in [0, 0.1) is 19.8 Å². The summed E-state index contributed by atoms with van der Waals surface area (Å²) in [7, 11) is 0. The third-order valence-corrected chi connectivity index (χ3v) is 8.08. The molecule has 1 aliphatic heterocycles. The monoisotopic (exact) mass is 553 g/mol. The first kappa shape index (κ1) is 27.3. The Morgan fingerprint density at radius 1 is 1.23 bits per heavy atom. The van der Waals surface area contributed by atoms with Crippen molar-refractivity contribution >= 4 is 28.9 Å². The SMILES string of the molecule is C=C(N[C@H]1CC[C@H](CN2CC(=O)N(c3ccc(C)nc3C)C3=C2CCC=C3)CC1)c1cc(Cl)cnc1C(F)F. The van der Waals surface area contributed by atoms with Crippen molar-refractivity contribution in [3.8, 4) is 0 Å². The minimum atomic E-state index is -2.70. The lowest BCUT2D eigenvalue weighted by molar-refractivity contribution is -0.119. The van der Waals surface area contributed by atoms with Crippen molar-refractivity contribution in [2.75, 3.05) is 18.0 Å². The highest BCUT2D eigenvalue weighted by Crippen LogP contribution is 2.36. The van der Waals surface area contributed by atoms with Gasteiger partial charge in [-0.15, -0.1) is 0 Å². The van der Waals surface area contributed by atoms with Crippen LogP contribution in [0.15, 0.2) is 54.5 Å². The second-order valence-corrected chi connectivity index (χ2v) is 11.1. The average Bonchev–Trinajstić information content (AvgIpc) is 2.90. The zero-order valence-electron chi connectivity index (χ0n) is 22.4. The maximum Gasteiger partial charge on any atom is 0.281 e. The third kappa shape index (κ3) is 5.86. The molecule has 0 bridgehead atoms. The first-order valence-corrected chi connectivity index (χ1v) is 13.9. The summed E-state index contributed by atoms with van der Waals surface area (Å²) in [5, 5.41) is 3.64. The van der Waals surface area contributed by atoms with Crippen molar-refractivity contribution in [2.45, 2.75) is 64.8 Å². The number of hydrogen-bond donors (Lipinski definition) is 1. The number of anilines is 1. The smallest absolute Gasteiger partial charge is 0.281 e. The van der Waals surface area contributed by atoms with Crippen LogP contribution in [0.3, 0.4) is 0 Å². The molecule has 39 heavy (non-hydrogen) atoms. The Balaban J connectivity index is 1.24. The minimum Gasteiger partial charge on any atom is -0.382 e. The van der Waals surface area contributed by atoms with Gasteiger partial charge in [-0.1, -0.05) is 24.3 Å². The second-order valence-electron chi connectivity index (χ2n) is 10.7. The van der Waals surface area contributed by atoms with E-state index >= 15 is 0 Å². The molecule has 5 rings (SSSR count). The van der Waals surface area contributed by atoms with Gasteiger partial charge >= 0.3 is 0 Å². The summed E-state index contributed by atoms with van der Waals surface area (Å²) in [5.74, 6) is 0.508. The van der Waals surface area contributed by atoms with Crippen molar-refractivity contribution in [1.29, 1.82) is 0 Å². The molecule has 0 unspecified atom stereocenters. The van der Waals surface area contributed by atoms with E-state index in [0.717, 1.165) is 67.8 Å². The zero-order valence-corrected chi connectivity index (χ0v) is 23.1. The molecule has 206 valence electrons. The summed E-state index contributed by atoms with van der Waals surface area (Å²) in [4.78, 5) is 26.0. The number of aryl methyl sites for hydroxylation is 2. The van der Waals surface area contributed by atoms with E-state index in [0.29, 0.717) is 23.2 Å². The summed E-state index contributed by atoms with van der Waals surface area (Å²) in [6.45, 7) is 9.10. The molecule has 3 aliphatic rings. The normalized spacial score (nSPS) is 21.4. The van der Waals surface area contributed by atoms with Crippen molar-refractivity contribution in [1.82, 2.24) is 20.2 Å². The molecule has 1 amide bonds. The Kier molecular flexibility index (Phi) is 8.03. The fraction of sp³-hybridized carbons (Fsp3) is 0.433. The number of rotatable bonds is 7. The van der Waals surface area contributed by atoms with Crippen LogP contribution in [0.25, 0.3) is 5.70 Å². The molecule has 0 aromatic carbocycles. The highest BCUT2D eigenvalue weighted by molar-refractivity contribution is 6.30. The molecule has 0 atom stereocenters. The number of halogens is 3. The molecular formula is C30H34ClF2N5O. The van der Waals surface area contributed by atoms with E-state index in [1.807, 2.05) is 30.9 Å². The van der Waals surface area contributed by atoms with Gasteiger partial charge < -0.3 is 10.2 Å². The second kappa shape index (κ2) is 11.5. The first-order chi connectivity index (χ1) is 18.7. The van der Waals surface area contributed by atoms with E-state index in [1.54, 1.807) is 0 Å². The molecule has 2 aromatic rings. The van der Waals surface area contributed by atoms with Crippen molar-refractivity contribution in [3.63, 3.8) is 0 Å². The van der Waals surface area contributed by atoms with Crippen LogP contribution in [-0.4, -0.2) is 39.9 Å². The van der Waals surface area contributed by atoms with Crippen LogP contribution in [0.1, 0.15) is 67.6 Å². The van der Waals surface area contributed by atoms with Gasteiger partial charge in [-0.25, -0.2) is 8.78 Å². The number of amides is 1. The molecule has 0 radical (unpaired) electrons. The number of carbonyl (C=O) groups excluding carboxylic acids is 1. The lowest BCUT2D eigenvalue weighted by Crippen LogP contribution is -2.48. The number of hydrogen-bond acceptors (Lipinski definition) is 5. The Morgan fingerprint density at radius 2 is 2.00 bits per heavy atom. The van der Waals surface area contributed by atoms with Gasteiger partial charge in [-0.05, 0) is 82.6 Å². The van der Waals surface area contributed by atoms with E-state index in [4.69, 9.17) is 11.6 Å². The van der Waals surface area contributed by atoms with Crippen molar-refractivity contribution in [3.05, 3.63) is 82.2 Å². The van der Waals surface area contributed by atoms with Crippen LogP contribution in [0.5, 0.6) is 0 Å². The topological polar surface area (TPSA) is 61.4 Å². The van der Waals surface area contributed by atoms with Crippen molar-refractivity contribution in [2.24, 2.45) is 5.92 Å². The molecule has 1 N–H and O–H groups in total. The van der Waals surface area contributed by atoms with Gasteiger partial charge in [0, 0.05) is 41.4 Å². The highest BCUT2D eigenvalue weighted by atomic mass is 35.5. The average molecular weight is 554 g/mol. The predicted molar refractivity (Wildman–Crippen MR) is 150 cm³/mol. The molecule has 1 fully saturated rings. The summed E-state index contributed by atoms with van der Waals surface area (Å²) < 4.78 is 26.9. The summed E-state index contributed by atoms with van der Waals surface area (Å²) >= 11 is 6.02. The van der Waals surface area contributed by atoms with Gasteiger partial charge in [0.05, 0.1) is 28.6 Å². The quantitative estimate of drug-likeness (QED) is 0.413. The third-order valence-electron chi connectivity index (χ3n) is 7.88. The Bertz CT molecular complexity index is 1330. The Morgan fingerprint density at radius 3 is 2.72 bits per heavy atom. The number of aromatic nitrogens is 2. The largest absolute Gasteiger partial charge is 0.382 e. The van der Waals surface area contributed by atoms with Crippen LogP contribution in [0.4, 0.5) is 14.5 Å². The van der Waals surface area contributed by atoms with E-state index in [9.17, 15) is 13.6 Å². The van der Waals surface area contributed by atoms with Crippen LogP contribution in [0.2, 0.25) is 5.02 Å². The Labute approximate surface area is 233 Å². The molecule has 2 aliphatic carbocycles. The molecule has 0 spiro atoms. The van der Waals surface area contributed by atoms with Gasteiger partial charge in [0.25, 0.3) is 12.3 Å². The molecule has 6 nitrogen and oxygen atoms in total. The van der Waals surface area contributed by atoms with Crippen LogP contribution in [-0.2, 0) is 4.79 Å². The van der Waals surface area contributed by atoms with Crippen LogP contribution < -0.4 is 10.2 Å². The maximum absolute atomic E-state index is 13.5. The van der Waals surface area contributed by atoms with E-state index < -0.39 is 6.43 Å². The van der Waals surface area contributed by atoms with E-state index in [-0.39, 0.29) is 23.2 Å². The number of allylic oxidation sites excluding steroid dienone is 3. The van der Waals surface area contributed by atoms with E-state index in [2.05, 4.69) is 38.9 Å². The van der Waals surface area contributed by atoms with Gasteiger partial charge in [-0.2, -0.15) is 0 Å². The summed E-state index contributed by atoms with van der Waals surface area (Å²) in [6.07, 6.45) is 8.37. The zero-order chi connectivity index (χ0) is 27.7. The van der Waals surface area contributed by atoms with Crippen LogP contribution >= 0.6 is 11.6 Å². The standard InChI is InChI=1S/C30H34ClF2N5O/c1-18-8-13-25(20(3)35-18)38-27-7-5-4-6-26(27)37(17-28(38)39)16-21-9-11-23(12-10-21)36-19(2)24-14-22(31)15-34-29(24)30(32)33/h5,7-8,13-15,21,23,30,36H,2,4,6,9-12,16-17H2,1,3H3/t21-,23-. The number of nitrogens with zero attached hydrogens (tertiary/aromatic N) is 4. The van der Waals surface area contributed by atoms with Gasteiger partial charge in [0.15, 0.2) is 0 Å². The Hall–Kier alpha value is -3.26. The van der Waals surface area contributed by atoms with Gasteiger partial charge in [0.1, 0.15) is 5.69 Å². The molecule has 0 saturated heterocycles. The fourth-order valence-electron chi connectivity index (χ4n) is 5.97. The molecular weight excluding hydrogens is 520 g/mol. The molecule has 3 heterocycles. The number of pyridine rings is 2. The minimum absolute atomic E-state index is 0.0608. The molecule has 2 aromatic heterocycles. The lowest BCUT2D eigenvalue weighted by Gasteiger charge is -2.42. The highest BCUT2D eigenvalue weighted by Gasteiger charge is 2.35. The molecule has 9 heteroatoms. The predicted octanol–water partition coefficient (Wildman–Crippen LogP) is 6.71. The van der Waals surface area contributed by atoms with Gasteiger partial charge in [-0.3, -0.25) is 19.7 Å². The van der Waals surface area contributed by atoms with E-state index in [1.165, 1.54) is 18.0 Å².